The van der Waals surface area contributed by atoms with Crippen LogP contribution in [0.3, 0.4) is 0 Å². The number of ether oxygens (including phenoxy) is 1. The molecule has 2 aliphatic rings. The molecule has 2 fully saturated rings. The van der Waals surface area contributed by atoms with Crippen molar-refractivity contribution in [2.45, 2.75) is 57.2 Å². The first-order valence-corrected chi connectivity index (χ1v) is 7.04. The lowest BCUT2D eigenvalue weighted by Gasteiger charge is -2.41. The average Bonchev–Trinajstić information content (AvgIpc) is 2.73. The number of hydrogen-bond acceptors (Lipinski definition) is 4. The van der Waals surface area contributed by atoms with E-state index in [-0.39, 0.29) is 11.1 Å². The summed E-state index contributed by atoms with van der Waals surface area (Å²) < 4.78 is 5.76. The first-order valence-electron chi connectivity index (χ1n) is 7.04. The minimum absolute atomic E-state index is 0.0473. The first kappa shape index (κ1) is 13.8. The van der Waals surface area contributed by atoms with Gasteiger partial charge in [0.1, 0.15) is 5.54 Å². The zero-order valence-corrected chi connectivity index (χ0v) is 11.8. The van der Waals surface area contributed by atoms with Crippen molar-refractivity contribution in [2.24, 2.45) is 0 Å². The van der Waals surface area contributed by atoms with Crippen LogP contribution < -0.4 is 5.32 Å². The molecule has 2 unspecified atom stereocenters. The second kappa shape index (κ2) is 5.16. The van der Waals surface area contributed by atoms with E-state index in [1.807, 2.05) is 0 Å². The van der Waals surface area contributed by atoms with Crippen LogP contribution in [0, 0.1) is 11.3 Å². The summed E-state index contributed by atoms with van der Waals surface area (Å²) in [5.74, 6) is 0. The molecular weight excluding hydrogens is 226 g/mol. The van der Waals surface area contributed by atoms with Crippen molar-refractivity contribution in [3.8, 4) is 6.07 Å². The zero-order chi connectivity index (χ0) is 13.2. The molecule has 0 aromatic carbocycles. The number of nitrogens with zero attached hydrogens (tertiary/aromatic N) is 2. The van der Waals surface area contributed by atoms with E-state index in [2.05, 4.69) is 37.1 Å². The number of nitriles is 1. The minimum Gasteiger partial charge on any atom is -0.373 e. The summed E-state index contributed by atoms with van der Waals surface area (Å²) in [6.07, 6.45) is 3.05. The summed E-state index contributed by atoms with van der Waals surface area (Å²) in [6, 6.07) is 3.03. The molecule has 0 aromatic heterocycles. The van der Waals surface area contributed by atoms with Crippen LogP contribution in [-0.4, -0.2) is 48.3 Å². The van der Waals surface area contributed by atoms with Crippen molar-refractivity contribution >= 4 is 0 Å². The van der Waals surface area contributed by atoms with Crippen molar-refractivity contribution in [1.29, 1.82) is 5.26 Å². The fourth-order valence-electron chi connectivity index (χ4n) is 3.34. The van der Waals surface area contributed by atoms with Gasteiger partial charge < -0.3 is 4.74 Å². The van der Waals surface area contributed by atoms with Gasteiger partial charge in [0, 0.05) is 19.1 Å². The second-order valence-electron chi connectivity index (χ2n) is 6.20. The molecule has 18 heavy (non-hydrogen) atoms. The predicted molar refractivity (Wildman–Crippen MR) is 71.3 cm³/mol. The van der Waals surface area contributed by atoms with Crippen molar-refractivity contribution in [3.05, 3.63) is 0 Å². The minimum atomic E-state index is -0.290. The highest BCUT2D eigenvalue weighted by atomic mass is 16.5. The lowest BCUT2D eigenvalue weighted by Crippen LogP contribution is -2.52. The van der Waals surface area contributed by atoms with Gasteiger partial charge in [-0.1, -0.05) is 6.92 Å². The Balaban J connectivity index is 1.98. The second-order valence-corrected chi connectivity index (χ2v) is 6.20. The van der Waals surface area contributed by atoms with Gasteiger partial charge in [-0.3, -0.25) is 10.2 Å². The molecular formula is C14H25N3O. The largest absolute Gasteiger partial charge is 0.373 e. The standard InChI is InChI=1S/C14H25N3O/c1-4-16-14(10-15)6-5-12(9-14)17-7-8-18-13(2,3)11-17/h12,16H,4-9,11H2,1-3H3. The molecule has 1 saturated heterocycles. The van der Waals surface area contributed by atoms with Crippen LogP contribution >= 0.6 is 0 Å². The number of nitrogens with one attached hydrogen (secondary N) is 1. The van der Waals surface area contributed by atoms with Crippen LogP contribution in [0.1, 0.15) is 40.0 Å². The average molecular weight is 251 g/mol. The Kier molecular flexibility index (Phi) is 3.96. The summed E-state index contributed by atoms with van der Waals surface area (Å²) in [5, 5.41) is 12.8. The third-order valence-corrected chi connectivity index (χ3v) is 4.19. The van der Waals surface area contributed by atoms with Gasteiger partial charge in [-0.25, -0.2) is 0 Å². The molecule has 1 heterocycles. The highest BCUT2D eigenvalue weighted by molar-refractivity contribution is 5.13. The van der Waals surface area contributed by atoms with Crippen molar-refractivity contribution in [1.82, 2.24) is 10.2 Å². The molecule has 1 saturated carbocycles. The molecule has 0 aromatic rings. The maximum atomic E-state index is 9.41. The summed E-state index contributed by atoms with van der Waals surface area (Å²) in [5.41, 5.74) is -0.337. The zero-order valence-electron chi connectivity index (χ0n) is 11.8. The Morgan fingerprint density at radius 1 is 1.50 bits per heavy atom. The number of hydrogen-bond donors (Lipinski definition) is 1. The topological polar surface area (TPSA) is 48.3 Å². The molecule has 4 nitrogen and oxygen atoms in total. The number of morpholine rings is 1. The van der Waals surface area contributed by atoms with E-state index in [0.717, 1.165) is 45.5 Å². The molecule has 1 aliphatic carbocycles. The number of rotatable bonds is 3. The fraction of sp³-hybridized carbons (Fsp3) is 0.929. The van der Waals surface area contributed by atoms with E-state index >= 15 is 0 Å². The summed E-state index contributed by atoms with van der Waals surface area (Å²) in [6.45, 7) is 10.0. The predicted octanol–water partition coefficient (Wildman–Crippen LogP) is 1.52. The SMILES string of the molecule is CCNC1(C#N)CCC(N2CCOC(C)(C)C2)C1. The Bertz CT molecular complexity index is 336. The lowest BCUT2D eigenvalue weighted by molar-refractivity contribution is -0.0967. The van der Waals surface area contributed by atoms with Crippen LogP contribution in [-0.2, 0) is 4.74 Å². The van der Waals surface area contributed by atoms with E-state index in [9.17, 15) is 5.26 Å². The van der Waals surface area contributed by atoms with Gasteiger partial charge in [0.15, 0.2) is 0 Å². The molecule has 0 radical (unpaired) electrons. The lowest BCUT2D eigenvalue weighted by atomic mass is 9.98. The molecule has 0 spiro atoms. The van der Waals surface area contributed by atoms with E-state index < -0.39 is 0 Å². The van der Waals surface area contributed by atoms with E-state index in [1.54, 1.807) is 0 Å². The van der Waals surface area contributed by atoms with Gasteiger partial charge in [0.25, 0.3) is 0 Å². The Hall–Kier alpha value is -0.630. The Morgan fingerprint density at radius 2 is 2.28 bits per heavy atom. The third-order valence-electron chi connectivity index (χ3n) is 4.19. The monoisotopic (exact) mass is 251 g/mol. The van der Waals surface area contributed by atoms with Crippen molar-refractivity contribution in [2.75, 3.05) is 26.2 Å². The fourth-order valence-corrected chi connectivity index (χ4v) is 3.34. The van der Waals surface area contributed by atoms with Crippen molar-refractivity contribution < 1.29 is 4.74 Å². The van der Waals surface area contributed by atoms with E-state index in [0.29, 0.717) is 6.04 Å². The molecule has 1 aliphatic heterocycles. The molecule has 102 valence electrons. The van der Waals surface area contributed by atoms with E-state index in [1.165, 1.54) is 0 Å². The summed E-state index contributed by atoms with van der Waals surface area (Å²) >= 11 is 0. The smallest absolute Gasteiger partial charge is 0.108 e. The van der Waals surface area contributed by atoms with Crippen LogP contribution in [0.25, 0.3) is 0 Å². The molecule has 4 heteroatoms. The van der Waals surface area contributed by atoms with Gasteiger partial charge in [-0.15, -0.1) is 0 Å². The Morgan fingerprint density at radius 3 is 2.89 bits per heavy atom. The summed E-state index contributed by atoms with van der Waals surface area (Å²) in [7, 11) is 0. The first-order chi connectivity index (χ1) is 8.50. The molecule has 2 rings (SSSR count). The van der Waals surface area contributed by atoms with E-state index in [4.69, 9.17) is 4.74 Å². The van der Waals surface area contributed by atoms with Crippen LogP contribution in [0.2, 0.25) is 0 Å². The highest BCUT2D eigenvalue weighted by Gasteiger charge is 2.42. The molecule has 2 atom stereocenters. The maximum absolute atomic E-state index is 9.41. The van der Waals surface area contributed by atoms with Gasteiger partial charge in [-0.05, 0) is 39.7 Å². The van der Waals surface area contributed by atoms with Gasteiger partial charge in [0.2, 0.25) is 0 Å². The van der Waals surface area contributed by atoms with Crippen LogP contribution in [0.15, 0.2) is 0 Å². The van der Waals surface area contributed by atoms with Crippen LogP contribution in [0.5, 0.6) is 0 Å². The molecule has 0 bridgehead atoms. The quantitative estimate of drug-likeness (QED) is 0.826. The maximum Gasteiger partial charge on any atom is 0.108 e. The van der Waals surface area contributed by atoms with Gasteiger partial charge >= 0.3 is 0 Å². The third kappa shape index (κ3) is 2.85. The normalized spacial score (nSPS) is 36.4. The highest BCUT2D eigenvalue weighted by Crippen LogP contribution is 2.34. The molecule has 0 amide bonds. The van der Waals surface area contributed by atoms with Gasteiger partial charge in [0.05, 0.1) is 18.3 Å². The van der Waals surface area contributed by atoms with Crippen LogP contribution in [0.4, 0.5) is 0 Å². The van der Waals surface area contributed by atoms with Crippen molar-refractivity contribution in [3.63, 3.8) is 0 Å². The molecule has 1 N–H and O–H groups in total. The summed E-state index contributed by atoms with van der Waals surface area (Å²) in [4.78, 5) is 2.51. The Labute approximate surface area is 110 Å². The van der Waals surface area contributed by atoms with Gasteiger partial charge in [-0.2, -0.15) is 5.26 Å².